The van der Waals surface area contributed by atoms with Crippen molar-refractivity contribution in [3.05, 3.63) is 29.3 Å². The van der Waals surface area contributed by atoms with Gasteiger partial charge in [0.1, 0.15) is 11.9 Å². The first-order valence-electron chi connectivity index (χ1n) is 9.21. The Balaban J connectivity index is 1.76. The number of guanidine groups is 1. The number of hydrogen-bond donors (Lipinski definition) is 2. The Morgan fingerprint density at radius 1 is 1.41 bits per heavy atom. The monoisotopic (exact) mass is 416 g/mol. The van der Waals surface area contributed by atoms with Crippen molar-refractivity contribution in [2.24, 2.45) is 4.99 Å². The summed E-state index contributed by atoms with van der Waals surface area (Å²) in [5.41, 5.74) is 0. The van der Waals surface area contributed by atoms with Gasteiger partial charge in [0.15, 0.2) is 5.96 Å². The molecule has 9 heteroatoms. The first-order valence-corrected chi connectivity index (χ1v) is 11.2. The van der Waals surface area contributed by atoms with E-state index in [1.165, 1.54) is 0 Å². The van der Waals surface area contributed by atoms with E-state index in [9.17, 15) is 8.42 Å². The average Bonchev–Trinajstić information content (AvgIpc) is 2.65. The van der Waals surface area contributed by atoms with Gasteiger partial charge in [-0.25, -0.2) is 12.7 Å². The van der Waals surface area contributed by atoms with Crippen molar-refractivity contribution in [3.63, 3.8) is 0 Å². The second-order valence-electron chi connectivity index (χ2n) is 6.56. The lowest BCUT2D eigenvalue weighted by molar-refractivity contribution is 0.223. The van der Waals surface area contributed by atoms with Crippen LogP contribution in [0.5, 0.6) is 5.75 Å². The maximum absolute atomic E-state index is 11.9. The van der Waals surface area contributed by atoms with Crippen LogP contribution in [0.4, 0.5) is 0 Å². The van der Waals surface area contributed by atoms with Crippen molar-refractivity contribution in [1.29, 1.82) is 0 Å². The van der Waals surface area contributed by atoms with Gasteiger partial charge in [0.25, 0.3) is 0 Å². The molecule has 0 radical (unpaired) electrons. The molecule has 1 aliphatic rings. The largest absolute Gasteiger partial charge is 0.489 e. The zero-order valence-corrected chi connectivity index (χ0v) is 17.7. The normalized spacial score (nSPS) is 18.1. The number of benzene rings is 1. The van der Waals surface area contributed by atoms with Gasteiger partial charge in [-0.3, -0.25) is 4.99 Å². The molecular weight excluding hydrogens is 388 g/mol. The van der Waals surface area contributed by atoms with Crippen LogP contribution in [0.1, 0.15) is 26.7 Å². The lowest BCUT2D eigenvalue weighted by Crippen LogP contribution is -2.51. The molecular formula is C18H29ClN4O3S. The Labute approximate surface area is 167 Å². The van der Waals surface area contributed by atoms with E-state index in [1.807, 2.05) is 19.1 Å². The molecule has 0 saturated carbocycles. The van der Waals surface area contributed by atoms with Crippen LogP contribution >= 0.6 is 11.6 Å². The number of aliphatic imine (C=N–C) groups is 1. The van der Waals surface area contributed by atoms with E-state index in [1.54, 1.807) is 30.4 Å². The molecule has 0 aromatic heterocycles. The predicted molar refractivity (Wildman–Crippen MR) is 110 cm³/mol. The number of piperidine rings is 1. The number of rotatable bonds is 7. The quantitative estimate of drug-likeness (QED) is 0.525. The van der Waals surface area contributed by atoms with Crippen LogP contribution in [-0.4, -0.2) is 63.3 Å². The fraction of sp³-hybridized carbons (Fsp3) is 0.611. The first-order chi connectivity index (χ1) is 12.8. The van der Waals surface area contributed by atoms with E-state index in [0.717, 1.165) is 18.6 Å². The zero-order valence-electron chi connectivity index (χ0n) is 16.1. The Hall–Kier alpha value is -1.51. The summed E-state index contributed by atoms with van der Waals surface area (Å²) < 4.78 is 31.3. The second-order valence-corrected chi connectivity index (χ2v) is 9.25. The van der Waals surface area contributed by atoms with Gasteiger partial charge in [-0.15, -0.1) is 0 Å². The van der Waals surface area contributed by atoms with E-state index in [-0.39, 0.29) is 17.9 Å². The van der Waals surface area contributed by atoms with E-state index in [4.69, 9.17) is 16.3 Å². The molecule has 0 spiro atoms. The second kappa shape index (κ2) is 10.1. The van der Waals surface area contributed by atoms with Gasteiger partial charge >= 0.3 is 0 Å². The molecule has 1 saturated heterocycles. The van der Waals surface area contributed by atoms with Crippen molar-refractivity contribution >= 4 is 27.6 Å². The molecule has 1 aromatic carbocycles. The van der Waals surface area contributed by atoms with Crippen molar-refractivity contribution in [1.82, 2.24) is 14.9 Å². The molecule has 152 valence electrons. The van der Waals surface area contributed by atoms with Gasteiger partial charge in [-0.1, -0.05) is 17.7 Å². The molecule has 1 aromatic rings. The van der Waals surface area contributed by atoms with E-state index in [2.05, 4.69) is 15.6 Å². The smallest absolute Gasteiger partial charge is 0.213 e. The molecule has 2 rings (SSSR count). The van der Waals surface area contributed by atoms with Gasteiger partial charge in [0, 0.05) is 31.2 Å². The Morgan fingerprint density at radius 3 is 2.70 bits per heavy atom. The fourth-order valence-electron chi connectivity index (χ4n) is 2.90. The number of halogens is 1. The zero-order chi connectivity index (χ0) is 19.9. The minimum atomic E-state index is -3.10. The number of nitrogens with zero attached hydrogens (tertiary/aromatic N) is 2. The Morgan fingerprint density at radius 2 is 2.11 bits per heavy atom. The van der Waals surface area contributed by atoms with Crippen LogP contribution in [0.2, 0.25) is 5.02 Å². The average molecular weight is 417 g/mol. The lowest BCUT2D eigenvalue weighted by Gasteiger charge is -2.32. The molecule has 0 aliphatic carbocycles. The molecule has 1 aliphatic heterocycles. The van der Waals surface area contributed by atoms with Crippen molar-refractivity contribution in [2.45, 2.75) is 38.8 Å². The van der Waals surface area contributed by atoms with E-state index >= 15 is 0 Å². The van der Waals surface area contributed by atoms with Gasteiger partial charge in [-0.2, -0.15) is 0 Å². The molecule has 1 fully saturated rings. The summed E-state index contributed by atoms with van der Waals surface area (Å²) in [6.07, 6.45) is 1.45. The van der Waals surface area contributed by atoms with Crippen LogP contribution in [0.15, 0.2) is 29.3 Å². The predicted octanol–water partition coefficient (Wildman–Crippen LogP) is 2.09. The molecule has 27 heavy (non-hydrogen) atoms. The first kappa shape index (κ1) is 21.8. The van der Waals surface area contributed by atoms with Crippen LogP contribution in [0, 0.1) is 0 Å². The topological polar surface area (TPSA) is 83.0 Å². The third-order valence-electron chi connectivity index (χ3n) is 4.47. The summed E-state index contributed by atoms with van der Waals surface area (Å²) in [6.45, 7) is 5.31. The van der Waals surface area contributed by atoms with Gasteiger partial charge in [0.05, 0.1) is 12.3 Å². The van der Waals surface area contributed by atoms with Crippen molar-refractivity contribution in [3.8, 4) is 5.75 Å². The van der Waals surface area contributed by atoms with Gasteiger partial charge in [-0.05, 0) is 44.9 Å². The molecule has 2 N–H and O–H groups in total. The fourth-order valence-corrected chi connectivity index (χ4v) is 4.22. The molecule has 1 atom stereocenters. The van der Waals surface area contributed by atoms with E-state index in [0.29, 0.717) is 30.6 Å². The van der Waals surface area contributed by atoms with Crippen LogP contribution < -0.4 is 15.4 Å². The van der Waals surface area contributed by atoms with Crippen molar-refractivity contribution < 1.29 is 13.2 Å². The summed E-state index contributed by atoms with van der Waals surface area (Å²) in [5, 5.41) is 7.26. The highest BCUT2D eigenvalue weighted by molar-refractivity contribution is 7.89. The molecule has 0 bridgehead atoms. The number of nitrogens with one attached hydrogen (secondary N) is 2. The van der Waals surface area contributed by atoms with Crippen LogP contribution in [0.25, 0.3) is 0 Å². The van der Waals surface area contributed by atoms with Gasteiger partial charge < -0.3 is 15.4 Å². The third-order valence-corrected chi connectivity index (χ3v) is 6.58. The third kappa shape index (κ3) is 6.86. The SMILES string of the molecule is CCS(=O)(=O)N1CCC(NC(=NC)NCC(C)Oc2cccc(Cl)c2)CC1. The summed E-state index contributed by atoms with van der Waals surface area (Å²) in [6, 6.07) is 7.50. The summed E-state index contributed by atoms with van der Waals surface area (Å²) in [7, 11) is -1.38. The number of hydrogen-bond acceptors (Lipinski definition) is 4. The summed E-state index contributed by atoms with van der Waals surface area (Å²) >= 11 is 5.97. The van der Waals surface area contributed by atoms with Crippen LogP contribution in [-0.2, 0) is 10.0 Å². The number of ether oxygens (including phenoxy) is 1. The number of sulfonamides is 1. The van der Waals surface area contributed by atoms with Crippen LogP contribution in [0.3, 0.4) is 0 Å². The summed E-state index contributed by atoms with van der Waals surface area (Å²) in [5.74, 6) is 1.57. The maximum Gasteiger partial charge on any atom is 0.213 e. The highest BCUT2D eigenvalue weighted by Crippen LogP contribution is 2.18. The molecule has 7 nitrogen and oxygen atoms in total. The van der Waals surface area contributed by atoms with Gasteiger partial charge in [0.2, 0.25) is 10.0 Å². The minimum Gasteiger partial charge on any atom is -0.489 e. The Kier molecular flexibility index (Phi) is 8.19. The highest BCUT2D eigenvalue weighted by atomic mass is 35.5. The Bertz CT molecular complexity index is 734. The lowest BCUT2D eigenvalue weighted by atomic mass is 10.1. The highest BCUT2D eigenvalue weighted by Gasteiger charge is 2.27. The molecule has 0 amide bonds. The van der Waals surface area contributed by atoms with Crippen molar-refractivity contribution in [2.75, 3.05) is 32.4 Å². The summed E-state index contributed by atoms with van der Waals surface area (Å²) in [4.78, 5) is 4.25. The molecule has 1 unspecified atom stereocenters. The maximum atomic E-state index is 11.9. The standard InChI is InChI=1S/C18H29ClN4O3S/c1-4-27(24,25)23-10-8-16(9-11-23)22-18(20-3)21-13-14(2)26-17-7-5-6-15(19)12-17/h5-7,12,14,16H,4,8-11,13H2,1-3H3,(H2,20,21,22). The minimum absolute atomic E-state index is 0.0708. The van der Waals surface area contributed by atoms with E-state index < -0.39 is 10.0 Å². The molecule has 1 heterocycles.